The fraction of sp³-hybridized carbons (Fsp3) is 0.435. The summed E-state index contributed by atoms with van der Waals surface area (Å²) in [5, 5.41) is 5.89. The number of amides is 2. The smallest absolute Gasteiger partial charge is 0.315 e. The van der Waals surface area contributed by atoms with E-state index in [9.17, 15) is 13.2 Å². The first-order valence-electron chi connectivity index (χ1n) is 10.6. The van der Waals surface area contributed by atoms with Gasteiger partial charge in [-0.05, 0) is 42.0 Å². The van der Waals surface area contributed by atoms with E-state index in [0.717, 1.165) is 30.4 Å². The zero-order valence-electron chi connectivity index (χ0n) is 17.7. The van der Waals surface area contributed by atoms with E-state index in [-0.39, 0.29) is 18.0 Å². The lowest BCUT2D eigenvalue weighted by Crippen LogP contribution is -2.39. The van der Waals surface area contributed by atoms with Crippen molar-refractivity contribution in [2.45, 2.75) is 50.6 Å². The minimum Gasteiger partial charge on any atom is -0.334 e. The molecule has 6 nitrogen and oxygen atoms in total. The molecule has 0 unspecified atom stereocenters. The Hall–Kier alpha value is -2.38. The van der Waals surface area contributed by atoms with Crippen LogP contribution in [0.5, 0.6) is 0 Å². The van der Waals surface area contributed by atoms with E-state index in [1.807, 2.05) is 30.3 Å². The zero-order valence-corrected chi connectivity index (χ0v) is 18.5. The molecule has 2 N–H and O–H groups in total. The Balaban J connectivity index is 1.57. The number of nitrogens with one attached hydrogen (secondary N) is 2. The van der Waals surface area contributed by atoms with E-state index in [1.165, 1.54) is 0 Å². The highest BCUT2D eigenvalue weighted by molar-refractivity contribution is 7.89. The molecule has 0 saturated carbocycles. The van der Waals surface area contributed by atoms with Crippen molar-refractivity contribution in [3.63, 3.8) is 0 Å². The minimum absolute atomic E-state index is 0.0803. The van der Waals surface area contributed by atoms with Crippen LogP contribution >= 0.6 is 0 Å². The van der Waals surface area contributed by atoms with E-state index in [1.54, 1.807) is 28.6 Å². The second kappa shape index (κ2) is 10.1. The highest BCUT2D eigenvalue weighted by atomic mass is 32.2. The number of hydrogen-bond donors (Lipinski definition) is 2. The van der Waals surface area contributed by atoms with Gasteiger partial charge in [0.2, 0.25) is 10.0 Å². The topological polar surface area (TPSA) is 78.5 Å². The summed E-state index contributed by atoms with van der Waals surface area (Å²) in [5.41, 5.74) is 1.92. The normalized spacial score (nSPS) is 16.2. The Morgan fingerprint density at radius 2 is 1.60 bits per heavy atom. The standard InChI is InChI=1S/C23H31N3O3S/c1-18(2)22(20-9-5-3-6-10-20)25-23(27)24-17-19-11-13-21(14-12-19)30(28,29)26-15-7-4-8-16-26/h3,5-6,9-14,18,22H,4,7-8,15-17H2,1-2H3,(H2,24,25,27)/t22-/m0/s1. The molecule has 2 amide bonds. The molecule has 0 aromatic heterocycles. The Labute approximate surface area is 179 Å². The summed E-state index contributed by atoms with van der Waals surface area (Å²) in [5.74, 6) is 0.248. The third-order valence-corrected chi connectivity index (χ3v) is 7.35. The summed E-state index contributed by atoms with van der Waals surface area (Å²) < 4.78 is 27.0. The lowest BCUT2D eigenvalue weighted by Gasteiger charge is -2.26. The van der Waals surface area contributed by atoms with Gasteiger partial charge < -0.3 is 10.6 Å². The van der Waals surface area contributed by atoms with Crippen LogP contribution in [0.1, 0.15) is 50.3 Å². The van der Waals surface area contributed by atoms with E-state index in [0.29, 0.717) is 24.5 Å². The molecular weight excluding hydrogens is 398 g/mol. The SMILES string of the molecule is CC(C)[C@H](NC(=O)NCc1ccc(S(=O)(=O)N2CCCCC2)cc1)c1ccccc1. The van der Waals surface area contributed by atoms with Crippen molar-refractivity contribution >= 4 is 16.1 Å². The van der Waals surface area contributed by atoms with Crippen LogP contribution < -0.4 is 10.6 Å². The molecule has 162 valence electrons. The maximum Gasteiger partial charge on any atom is 0.315 e. The molecule has 1 heterocycles. The van der Waals surface area contributed by atoms with Gasteiger partial charge in [0.25, 0.3) is 0 Å². The van der Waals surface area contributed by atoms with Crippen LogP contribution in [0.15, 0.2) is 59.5 Å². The summed E-state index contributed by atoms with van der Waals surface area (Å²) >= 11 is 0. The van der Waals surface area contributed by atoms with Gasteiger partial charge >= 0.3 is 6.03 Å². The fourth-order valence-electron chi connectivity index (χ4n) is 3.70. The number of hydrogen-bond acceptors (Lipinski definition) is 3. The molecule has 0 bridgehead atoms. The Kier molecular flexibility index (Phi) is 7.50. The zero-order chi connectivity index (χ0) is 21.6. The van der Waals surface area contributed by atoms with Gasteiger partial charge in [-0.15, -0.1) is 0 Å². The molecule has 2 aromatic carbocycles. The molecule has 0 radical (unpaired) electrons. The van der Waals surface area contributed by atoms with Gasteiger partial charge in [-0.2, -0.15) is 4.31 Å². The monoisotopic (exact) mass is 429 g/mol. The molecule has 3 rings (SSSR count). The van der Waals surface area contributed by atoms with Gasteiger partial charge in [-0.3, -0.25) is 0 Å². The number of sulfonamides is 1. The van der Waals surface area contributed by atoms with Crippen molar-refractivity contribution in [1.29, 1.82) is 0 Å². The van der Waals surface area contributed by atoms with Crippen molar-refractivity contribution < 1.29 is 13.2 Å². The van der Waals surface area contributed by atoms with Gasteiger partial charge in [0.1, 0.15) is 0 Å². The lowest BCUT2D eigenvalue weighted by molar-refractivity contribution is 0.232. The maximum absolute atomic E-state index is 12.7. The van der Waals surface area contributed by atoms with Crippen molar-refractivity contribution in [3.8, 4) is 0 Å². The third kappa shape index (κ3) is 5.61. The molecule has 30 heavy (non-hydrogen) atoms. The van der Waals surface area contributed by atoms with Crippen LogP contribution in [-0.4, -0.2) is 31.8 Å². The van der Waals surface area contributed by atoms with Crippen molar-refractivity contribution in [3.05, 3.63) is 65.7 Å². The third-order valence-electron chi connectivity index (χ3n) is 5.44. The van der Waals surface area contributed by atoms with Crippen LogP contribution in [0.3, 0.4) is 0 Å². The van der Waals surface area contributed by atoms with Gasteiger partial charge in [0, 0.05) is 19.6 Å². The van der Waals surface area contributed by atoms with Crippen molar-refractivity contribution in [2.75, 3.05) is 13.1 Å². The number of carbonyl (C=O) groups excluding carboxylic acids is 1. The molecule has 0 aliphatic carbocycles. The molecule has 1 saturated heterocycles. The number of rotatable bonds is 7. The maximum atomic E-state index is 12.7. The Morgan fingerprint density at radius 3 is 2.20 bits per heavy atom. The molecule has 0 spiro atoms. The first-order valence-corrected chi connectivity index (χ1v) is 12.0. The van der Waals surface area contributed by atoms with Crippen LogP contribution in [0.4, 0.5) is 4.79 Å². The molecule has 7 heteroatoms. The number of benzene rings is 2. The van der Waals surface area contributed by atoms with E-state index >= 15 is 0 Å². The second-order valence-electron chi connectivity index (χ2n) is 8.07. The van der Waals surface area contributed by atoms with Gasteiger partial charge in [-0.25, -0.2) is 13.2 Å². The minimum atomic E-state index is -3.43. The van der Waals surface area contributed by atoms with Crippen molar-refractivity contribution in [1.82, 2.24) is 14.9 Å². The predicted octanol–water partition coefficient (Wildman–Crippen LogP) is 4.06. The first kappa shape index (κ1) is 22.3. The van der Waals surface area contributed by atoms with Crippen LogP contribution in [-0.2, 0) is 16.6 Å². The largest absolute Gasteiger partial charge is 0.334 e. The van der Waals surface area contributed by atoms with Gasteiger partial charge in [0.05, 0.1) is 10.9 Å². The van der Waals surface area contributed by atoms with E-state index in [4.69, 9.17) is 0 Å². The quantitative estimate of drug-likeness (QED) is 0.697. The fourth-order valence-corrected chi connectivity index (χ4v) is 5.22. The second-order valence-corrected chi connectivity index (χ2v) is 10.0. The highest BCUT2D eigenvalue weighted by Gasteiger charge is 2.25. The number of nitrogens with zero attached hydrogens (tertiary/aromatic N) is 1. The van der Waals surface area contributed by atoms with E-state index in [2.05, 4.69) is 24.5 Å². The number of carbonyl (C=O) groups is 1. The molecule has 1 aliphatic heterocycles. The van der Waals surface area contributed by atoms with Crippen LogP contribution in [0, 0.1) is 5.92 Å². The molecule has 1 atom stereocenters. The average Bonchev–Trinajstić information content (AvgIpc) is 2.77. The first-order chi connectivity index (χ1) is 14.4. The molecule has 1 fully saturated rings. The van der Waals surface area contributed by atoms with Gasteiger partial charge in [0.15, 0.2) is 0 Å². The summed E-state index contributed by atoms with van der Waals surface area (Å²) in [6.45, 7) is 5.64. The predicted molar refractivity (Wildman–Crippen MR) is 118 cm³/mol. The molecule has 1 aliphatic rings. The van der Waals surface area contributed by atoms with E-state index < -0.39 is 10.0 Å². The lowest BCUT2D eigenvalue weighted by atomic mass is 9.96. The molecule has 2 aromatic rings. The summed E-state index contributed by atoms with van der Waals surface area (Å²) in [6.07, 6.45) is 2.91. The Morgan fingerprint density at radius 1 is 0.967 bits per heavy atom. The van der Waals surface area contributed by atoms with Gasteiger partial charge in [-0.1, -0.05) is 62.7 Å². The number of urea groups is 1. The average molecular weight is 430 g/mol. The van der Waals surface area contributed by atoms with Crippen LogP contribution in [0.2, 0.25) is 0 Å². The summed E-state index contributed by atoms with van der Waals surface area (Å²) in [7, 11) is -3.43. The summed E-state index contributed by atoms with van der Waals surface area (Å²) in [4.78, 5) is 12.7. The number of piperidine rings is 1. The van der Waals surface area contributed by atoms with Crippen molar-refractivity contribution in [2.24, 2.45) is 5.92 Å². The Bertz CT molecular complexity index is 922. The molecular formula is C23H31N3O3S. The highest BCUT2D eigenvalue weighted by Crippen LogP contribution is 2.22. The van der Waals surface area contributed by atoms with Crippen LogP contribution in [0.25, 0.3) is 0 Å². The summed E-state index contributed by atoms with van der Waals surface area (Å²) in [6, 6.07) is 16.3.